The molecule has 10 nitrogen and oxygen atoms in total. The molecule has 2 N–H and O–H groups in total. The Kier molecular flexibility index (Phi) is 8.54. The number of carbonyl (C=O) groups excluding carboxylic acids is 1. The Morgan fingerprint density at radius 2 is 1.74 bits per heavy atom. The highest BCUT2D eigenvalue weighted by molar-refractivity contribution is 6.07. The number of fused-ring (bicyclic) bond motifs is 1. The van der Waals surface area contributed by atoms with E-state index in [2.05, 4.69) is 52.3 Å². The standard InChI is InChI=1S/C37H33N7O3/c1-6-24-10-9-11-25(20-24)21-32-38-19-18-35(41-32)47-30-16-15-29(27-12-7-8-13-28(27)30)40-36(45)42-33-22-31(37(2,3)4)43-44(33)26-14-17-34(46-5)39-23-26/h1,7-20,22-23H,21H2,2-5H3,(H2,40,42,45). The summed E-state index contributed by atoms with van der Waals surface area (Å²) in [5.41, 5.74) is 3.66. The fraction of sp³-hybridized carbons (Fsp3) is 0.162. The number of aromatic nitrogens is 5. The monoisotopic (exact) mass is 623 g/mol. The number of benzene rings is 3. The van der Waals surface area contributed by atoms with Crippen LogP contribution in [0.25, 0.3) is 16.5 Å². The maximum atomic E-state index is 13.4. The number of anilines is 2. The number of terminal acetylenes is 1. The average molecular weight is 624 g/mol. The van der Waals surface area contributed by atoms with Crippen molar-refractivity contribution in [2.75, 3.05) is 17.7 Å². The fourth-order valence-corrected chi connectivity index (χ4v) is 4.98. The lowest BCUT2D eigenvalue weighted by molar-refractivity contribution is 0.262. The molecular formula is C37H33N7O3. The average Bonchev–Trinajstić information content (AvgIpc) is 3.50. The van der Waals surface area contributed by atoms with E-state index >= 15 is 0 Å². The van der Waals surface area contributed by atoms with Crippen LogP contribution in [0.1, 0.15) is 43.4 Å². The van der Waals surface area contributed by atoms with Crippen molar-refractivity contribution in [2.45, 2.75) is 32.6 Å². The number of pyridine rings is 1. The molecule has 3 aromatic carbocycles. The molecule has 2 amide bonds. The molecule has 0 atom stereocenters. The van der Waals surface area contributed by atoms with E-state index in [9.17, 15) is 4.79 Å². The number of carbonyl (C=O) groups is 1. The van der Waals surface area contributed by atoms with Crippen molar-refractivity contribution in [1.82, 2.24) is 24.7 Å². The van der Waals surface area contributed by atoms with Crippen LogP contribution in [0.15, 0.2) is 97.3 Å². The number of rotatable bonds is 8. The van der Waals surface area contributed by atoms with E-state index in [1.54, 1.807) is 48.5 Å². The first kappa shape index (κ1) is 30.8. The van der Waals surface area contributed by atoms with Crippen LogP contribution < -0.4 is 20.1 Å². The molecule has 0 bridgehead atoms. The first-order valence-corrected chi connectivity index (χ1v) is 15.0. The Labute approximate surface area is 272 Å². The maximum absolute atomic E-state index is 13.4. The van der Waals surface area contributed by atoms with Crippen molar-refractivity contribution in [1.29, 1.82) is 0 Å². The summed E-state index contributed by atoms with van der Waals surface area (Å²) in [4.78, 5) is 26.7. The topological polar surface area (TPSA) is 116 Å². The molecule has 3 heterocycles. The van der Waals surface area contributed by atoms with E-state index < -0.39 is 6.03 Å². The molecule has 10 heteroatoms. The Balaban J connectivity index is 1.23. The predicted octanol–water partition coefficient (Wildman–Crippen LogP) is 7.53. The molecule has 47 heavy (non-hydrogen) atoms. The number of nitrogens with one attached hydrogen (secondary N) is 2. The van der Waals surface area contributed by atoms with Crippen LogP contribution in [-0.4, -0.2) is 37.9 Å². The van der Waals surface area contributed by atoms with Crippen LogP contribution in [0.2, 0.25) is 0 Å². The summed E-state index contributed by atoms with van der Waals surface area (Å²) in [5.74, 6) is 5.23. The highest BCUT2D eigenvalue weighted by atomic mass is 16.5. The van der Waals surface area contributed by atoms with Gasteiger partial charge in [-0.2, -0.15) is 10.1 Å². The van der Waals surface area contributed by atoms with Crippen LogP contribution in [0, 0.1) is 12.3 Å². The van der Waals surface area contributed by atoms with Crippen molar-refractivity contribution in [3.63, 3.8) is 0 Å². The first-order valence-electron chi connectivity index (χ1n) is 15.0. The summed E-state index contributed by atoms with van der Waals surface area (Å²) in [6.45, 7) is 6.19. The summed E-state index contributed by atoms with van der Waals surface area (Å²) in [6.07, 6.45) is 9.38. The van der Waals surface area contributed by atoms with Gasteiger partial charge in [0.25, 0.3) is 0 Å². The lowest BCUT2D eigenvalue weighted by Gasteiger charge is -2.14. The summed E-state index contributed by atoms with van der Waals surface area (Å²) in [6, 6.07) is 25.7. The van der Waals surface area contributed by atoms with Crippen LogP contribution in [-0.2, 0) is 11.8 Å². The fourth-order valence-electron chi connectivity index (χ4n) is 4.98. The zero-order valence-electron chi connectivity index (χ0n) is 26.5. The Morgan fingerprint density at radius 1 is 0.915 bits per heavy atom. The summed E-state index contributed by atoms with van der Waals surface area (Å²) in [7, 11) is 1.56. The second-order valence-corrected chi connectivity index (χ2v) is 11.8. The van der Waals surface area contributed by atoms with Gasteiger partial charge in [-0.1, -0.05) is 63.1 Å². The van der Waals surface area contributed by atoms with Crippen molar-refractivity contribution in [3.8, 4) is 35.5 Å². The molecule has 6 aromatic rings. The van der Waals surface area contributed by atoms with E-state index in [0.29, 0.717) is 46.9 Å². The maximum Gasteiger partial charge on any atom is 0.324 e. The van der Waals surface area contributed by atoms with Crippen molar-refractivity contribution in [2.24, 2.45) is 0 Å². The Bertz CT molecular complexity index is 2110. The molecule has 0 fully saturated rings. The lowest BCUT2D eigenvalue weighted by atomic mass is 9.92. The lowest BCUT2D eigenvalue weighted by Crippen LogP contribution is -2.21. The zero-order valence-corrected chi connectivity index (χ0v) is 26.5. The smallest absolute Gasteiger partial charge is 0.324 e. The largest absolute Gasteiger partial charge is 0.481 e. The van der Waals surface area contributed by atoms with Crippen molar-refractivity contribution >= 4 is 28.3 Å². The van der Waals surface area contributed by atoms with Gasteiger partial charge in [0.05, 0.1) is 30.4 Å². The quantitative estimate of drug-likeness (QED) is 0.168. The van der Waals surface area contributed by atoms with E-state index in [1.165, 1.54) is 0 Å². The van der Waals surface area contributed by atoms with Gasteiger partial charge in [-0.25, -0.2) is 19.4 Å². The van der Waals surface area contributed by atoms with E-state index in [1.807, 2.05) is 60.7 Å². The predicted molar refractivity (Wildman–Crippen MR) is 182 cm³/mol. The molecule has 0 aliphatic rings. The molecule has 0 aliphatic carbocycles. The number of hydrogen-bond donors (Lipinski definition) is 2. The number of hydrogen-bond acceptors (Lipinski definition) is 7. The molecule has 234 valence electrons. The van der Waals surface area contributed by atoms with Gasteiger partial charge in [0, 0.05) is 52.6 Å². The molecule has 0 saturated heterocycles. The van der Waals surface area contributed by atoms with Gasteiger partial charge in [-0.15, -0.1) is 6.42 Å². The molecule has 0 unspecified atom stereocenters. The van der Waals surface area contributed by atoms with Gasteiger partial charge in [0.15, 0.2) is 0 Å². The van der Waals surface area contributed by atoms with E-state index in [0.717, 1.165) is 27.6 Å². The molecular weight excluding hydrogens is 590 g/mol. The van der Waals surface area contributed by atoms with Gasteiger partial charge >= 0.3 is 6.03 Å². The highest BCUT2D eigenvalue weighted by Crippen LogP contribution is 2.34. The normalized spacial score (nSPS) is 11.1. The number of amides is 2. The highest BCUT2D eigenvalue weighted by Gasteiger charge is 2.22. The van der Waals surface area contributed by atoms with Crippen LogP contribution in [0.4, 0.5) is 16.3 Å². The van der Waals surface area contributed by atoms with Crippen molar-refractivity contribution in [3.05, 3.63) is 120 Å². The number of nitrogens with zero attached hydrogens (tertiary/aromatic N) is 5. The first-order chi connectivity index (χ1) is 22.7. The third-order valence-electron chi connectivity index (χ3n) is 7.38. The van der Waals surface area contributed by atoms with E-state index in [-0.39, 0.29) is 5.41 Å². The number of ether oxygens (including phenoxy) is 2. The third-order valence-corrected chi connectivity index (χ3v) is 7.38. The zero-order chi connectivity index (χ0) is 33.0. The second kappa shape index (κ2) is 13.0. The second-order valence-electron chi connectivity index (χ2n) is 11.8. The third kappa shape index (κ3) is 7.05. The van der Waals surface area contributed by atoms with Crippen LogP contribution in [0.3, 0.4) is 0 Å². The van der Waals surface area contributed by atoms with Crippen molar-refractivity contribution < 1.29 is 14.3 Å². The van der Waals surface area contributed by atoms with Gasteiger partial charge in [0.1, 0.15) is 17.4 Å². The minimum absolute atomic E-state index is 0.248. The molecule has 6 rings (SSSR count). The van der Waals surface area contributed by atoms with Crippen LogP contribution >= 0.6 is 0 Å². The van der Waals surface area contributed by atoms with Gasteiger partial charge < -0.3 is 14.8 Å². The van der Waals surface area contributed by atoms with E-state index in [4.69, 9.17) is 21.0 Å². The molecule has 0 aliphatic heterocycles. The molecule has 0 saturated carbocycles. The Morgan fingerprint density at radius 3 is 2.49 bits per heavy atom. The van der Waals surface area contributed by atoms with Gasteiger partial charge in [-0.3, -0.25) is 5.32 Å². The molecule has 0 radical (unpaired) electrons. The number of urea groups is 1. The minimum atomic E-state index is -0.429. The summed E-state index contributed by atoms with van der Waals surface area (Å²) < 4.78 is 13.1. The SMILES string of the molecule is C#Cc1cccc(Cc2nccc(Oc3ccc(NC(=O)Nc4cc(C(C)(C)C)nn4-c4ccc(OC)nc4)c4ccccc34)n2)c1. The Hall–Kier alpha value is -6.21. The molecule has 3 aromatic heterocycles. The minimum Gasteiger partial charge on any atom is -0.481 e. The summed E-state index contributed by atoms with van der Waals surface area (Å²) in [5, 5.41) is 12.3. The van der Waals surface area contributed by atoms with Gasteiger partial charge in [-0.05, 0) is 35.9 Å². The number of methoxy groups -OCH3 is 1. The molecule has 0 spiro atoms. The summed E-state index contributed by atoms with van der Waals surface area (Å²) >= 11 is 0. The van der Waals surface area contributed by atoms with Crippen LogP contribution in [0.5, 0.6) is 17.5 Å². The van der Waals surface area contributed by atoms with Gasteiger partial charge in [0.2, 0.25) is 11.8 Å².